The van der Waals surface area contributed by atoms with Gasteiger partial charge < -0.3 is 10.2 Å². The van der Waals surface area contributed by atoms with E-state index < -0.39 is 0 Å². The van der Waals surface area contributed by atoms with Crippen LogP contribution in [0.4, 0.5) is 0 Å². The number of hydrogen-bond acceptors (Lipinski definition) is 4. The molecule has 2 rings (SSSR count). The highest BCUT2D eigenvalue weighted by Crippen LogP contribution is 2.31. The molecule has 98 valence electrons. The first kappa shape index (κ1) is 13.0. The van der Waals surface area contributed by atoms with Crippen molar-refractivity contribution in [2.24, 2.45) is 5.41 Å². The van der Waals surface area contributed by atoms with E-state index in [-0.39, 0.29) is 11.3 Å². The van der Waals surface area contributed by atoms with Crippen molar-refractivity contribution in [2.75, 3.05) is 27.2 Å². The number of nitrogens with one attached hydrogen (secondary N) is 1. The standard InChI is InChI=1S/C13H20N4O/c1-17(2)12(18)13(9-15-10-13)5-3-4-11-8-14-6-7-16-11/h6-8,15H,3-5,9-10H2,1-2H3. The Hall–Kier alpha value is -1.49. The van der Waals surface area contributed by atoms with E-state index in [2.05, 4.69) is 15.3 Å². The molecule has 1 fully saturated rings. The van der Waals surface area contributed by atoms with E-state index >= 15 is 0 Å². The van der Waals surface area contributed by atoms with Crippen molar-refractivity contribution in [2.45, 2.75) is 19.3 Å². The van der Waals surface area contributed by atoms with E-state index in [1.807, 2.05) is 14.1 Å². The monoisotopic (exact) mass is 248 g/mol. The molecular formula is C13H20N4O. The SMILES string of the molecule is CN(C)C(=O)C1(CCCc2cnccn2)CNC1. The highest BCUT2D eigenvalue weighted by Gasteiger charge is 2.44. The molecule has 5 nitrogen and oxygen atoms in total. The number of carbonyl (C=O) groups excluding carboxylic acids is 1. The molecule has 1 N–H and O–H groups in total. The van der Waals surface area contributed by atoms with E-state index in [1.165, 1.54) is 0 Å². The van der Waals surface area contributed by atoms with Crippen LogP contribution in [0, 0.1) is 5.41 Å². The molecular weight excluding hydrogens is 228 g/mol. The fourth-order valence-electron chi connectivity index (χ4n) is 2.40. The third-order valence-electron chi connectivity index (χ3n) is 3.49. The van der Waals surface area contributed by atoms with Gasteiger partial charge in [-0.2, -0.15) is 0 Å². The zero-order valence-electron chi connectivity index (χ0n) is 11.0. The first-order valence-electron chi connectivity index (χ1n) is 6.31. The van der Waals surface area contributed by atoms with Crippen molar-refractivity contribution in [3.05, 3.63) is 24.3 Å². The van der Waals surface area contributed by atoms with Crippen LogP contribution in [-0.4, -0.2) is 48.0 Å². The van der Waals surface area contributed by atoms with E-state index in [0.717, 1.165) is 38.0 Å². The molecule has 0 spiro atoms. The van der Waals surface area contributed by atoms with Crippen LogP contribution in [0.5, 0.6) is 0 Å². The van der Waals surface area contributed by atoms with Crippen LogP contribution >= 0.6 is 0 Å². The van der Waals surface area contributed by atoms with Crippen LogP contribution in [0.25, 0.3) is 0 Å². The van der Waals surface area contributed by atoms with Crippen LogP contribution < -0.4 is 5.32 Å². The summed E-state index contributed by atoms with van der Waals surface area (Å²) in [7, 11) is 3.65. The maximum Gasteiger partial charge on any atom is 0.230 e. The van der Waals surface area contributed by atoms with E-state index in [4.69, 9.17) is 0 Å². The molecule has 18 heavy (non-hydrogen) atoms. The maximum absolute atomic E-state index is 12.1. The second-order valence-corrected chi connectivity index (χ2v) is 5.13. The van der Waals surface area contributed by atoms with Gasteiger partial charge in [0.15, 0.2) is 0 Å². The van der Waals surface area contributed by atoms with Gasteiger partial charge in [0, 0.05) is 45.8 Å². The highest BCUT2D eigenvalue weighted by molar-refractivity contribution is 5.83. The van der Waals surface area contributed by atoms with Crippen LogP contribution in [0.3, 0.4) is 0 Å². The minimum atomic E-state index is -0.189. The summed E-state index contributed by atoms with van der Waals surface area (Å²) in [5.41, 5.74) is 0.809. The first-order valence-corrected chi connectivity index (χ1v) is 6.31. The third-order valence-corrected chi connectivity index (χ3v) is 3.49. The van der Waals surface area contributed by atoms with Crippen molar-refractivity contribution in [3.8, 4) is 0 Å². The fourth-order valence-corrected chi connectivity index (χ4v) is 2.40. The highest BCUT2D eigenvalue weighted by atomic mass is 16.2. The van der Waals surface area contributed by atoms with Crippen LogP contribution in [-0.2, 0) is 11.2 Å². The lowest BCUT2D eigenvalue weighted by molar-refractivity contribution is -0.143. The molecule has 1 saturated heterocycles. The van der Waals surface area contributed by atoms with Crippen LogP contribution in [0.1, 0.15) is 18.5 Å². The number of aromatic nitrogens is 2. The number of nitrogens with zero attached hydrogens (tertiary/aromatic N) is 3. The fraction of sp³-hybridized carbons (Fsp3) is 0.615. The zero-order chi connectivity index (χ0) is 13.0. The summed E-state index contributed by atoms with van der Waals surface area (Å²) in [5.74, 6) is 0.236. The Kier molecular flexibility index (Phi) is 3.91. The Morgan fingerprint density at radius 1 is 1.44 bits per heavy atom. The van der Waals surface area contributed by atoms with Gasteiger partial charge in [-0.3, -0.25) is 14.8 Å². The third kappa shape index (κ3) is 2.67. The molecule has 1 amide bonds. The lowest BCUT2D eigenvalue weighted by Gasteiger charge is -2.42. The Morgan fingerprint density at radius 3 is 2.72 bits per heavy atom. The molecule has 5 heteroatoms. The molecule has 0 atom stereocenters. The smallest absolute Gasteiger partial charge is 0.230 e. The topological polar surface area (TPSA) is 58.1 Å². The van der Waals surface area contributed by atoms with Gasteiger partial charge in [0.2, 0.25) is 5.91 Å². The molecule has 1 aromatic rings. The molecule has 1 aliphatic heterocycles. The van der Waals surface area contributed by atoms with E-state index in [1.54, 1.807) is 23.5 Å². The average Bonchev–Trinajstić information content (AvgIpc) is 2.33. The van der Waals surface area contributed by atoms with Crippen molar-refractivity contribution in [1.82, 2.24) is 20.2 Å². The second-order valence-electron chi connectivity index (χ2n) is 5.13. The minimum Gasteiger partial charge on any atom is -0.348 e. The summed E-state index contributed by atoms with van der Waals surface area (Å²) in [6, 6.07) is 0. The normalized spacial score (nSPS) is 17.0. The summed E-state index contributed by atoms with van der Waals surface area (Å²) in [6.07, 6.45) is 7.95. The number of carbonyl (C=O) groups is 1. The summed E-state index contributed by atoms with van der Waals surface area (Å²) in [5, 5.41) is 3.21. The molecule has 0 aliphatic carbocycles. The van der Waals surface area contributed by atoms with Crippen molar-refractivity contribution < 1.29 is 4.79 Å². The lowest BCUT2D eigenvalue weighted by Crippen LogP contribution is -2.61. The van der Waals surface area contributed by atoms with Gasteiger partial charge in [0.25, 0.3) is 0 Å². The Bertz CT molecular complexity index is 401. The van der Waals surface area contributed by atoms with E-state index in [0.29, 0.717) is 0 Å². The van der Waals surface area contributed by atoms with Gasteiger partial charge in [0.1, 0.15) is 0 Å². The first-order chi connectivity index (χ1) is 8.64. The summed E-state index contributed by atoms with van der Waals surface area (Å²) in [4.78, 5) is 22.1. The van der Waals surface area contributed by atoms with Crippen LogP contribution in [0.2, 0.25) is 0 Å². The predicted molar refractivity (Wildman–Crippen MR) is 69.0 cm³/mol. The number of rotatable bonds is 5. The predicted octanol–water partition coefficient (Wildman–Crippen LogP) is 0.477. The number of amides is 1. The van der Waals surface area contributed by atoms with Crippen molar-refractivity contribution in [1.29, 1.82) is 0 Å². The molecule has 2 heterocycles. The average molecular weight is 248 g/mol. The quantitative estimate of drug-likeness (QED) is 0.823. The van der Waals surface area contributed by atoms with Gasteiger partial charge in [-0.05, 0) is 19.3 Å². The molecule has 0 radical (unpaired) electrons. The number of hydrogen-bond donors (Lipinski definition) is 1. The molecule has 1 aliphatic rings. The summed E-state index contributed by atoms with van der Waals surface area (Å²) < 4.78 is 0. The lowest BCUT2D eigenvalue weighted by atomic mass is 9.76. The largest absolute Gasteiger partial charge is 0.348 e. The maximum atomic E-state index is 12.1. The van der Waals surface area contributed by atoms with Gasteiger partial charge >= 0.3 is 0 Å². The molecule has 1 aromatic heterocycles. The Labute approximate surface area is 108 Å². The number of aryl methyl sites for hydroxylation is 1. The zero-order valence-corrected chi connectivity index (χ0v) is 11.0. The van der Waals surface area contributed by atoms with Gasteiger partial charge in [-0.25, -0.2) is 0 Å². The molecule has 0 bridgehead atoms. The Balaban J connectivity index is 1.86. The second kappa shape index (κ2) is 5.44. The minimum absolute atomic E-state index is 0.189. The van der Waals surface area contributed by atoms with Crippen LogP contribution in [0.15, 0.2) is 18.6 Å². The van der Waals surface area contributed by atoms with Gasteiger partial charge in [-0.15, -0.1) is 0 Å². The van der Waals surface area contributed by atoms with Gasteiger partial charge in [-0.1, -0.05) is 0 Å². The van der Waals surface area contributed by atoms with Crippen molar-refractivity contribution in [3.63, 3.8) is 0 Å². The summed E-state index contributed by atoms with van der Waals surface area (Å²) >= 11 is 0. The van der Waals surface area contributed by atoms with Crippen molar-refractivity contribution >= 4 is 5.91 Å². The Morgan fingerprint density at radius 2 is 2.22 bits per heavy atom. The molecule has 0 saturated carbocycles. The van der Waals surface area contributed by atoms with E-state index in [9.17, 15) is 4.79 Å². The van der Waals surface area contributed by atoms with Gasteiger partial charge in [0.05, 0.1) is 11.1 Å². The molecule has 0 unspecified atom stereocenters. The molecule has 0 aromatic carbocycles. The summed E-state index contributed by atoms with van der Waals surface area (Å²) in [6.45, 7) is 1.59.